The van der Waals surface area contributed by atoms with Crippen LogP contribution in [0.2, 0.25) is 0 Å². The van der Waals surface area contributed by atoms with Crippen molar-refractivity contribution in [3.8, 4) is 11.3 Å². The van der Waals surface area contributed by atoms with Gasteiger partial charge in [-0.3, -0.25) is 4.79 Å². The summed E-state index contributed by atoms with van der Waals surface area (Å²) < 4.78 is 8.73. The maximum atomic E-state index is 12.2. The molecule has 0 bridgehead atoms. The smallest absolute Gasteiger partial charge is 0.226 e. The number of hydrogen-bond donors (Lipinski definition) is 1. The number of nitrogens with zero attached hydrogens (tertiary/aromatic N) is 2. The van der Waals surface area contributed by atoms with Crippen molar-refractivity contribution in [3.63, 3.8) is 0 Å². The minimum Gasteiger partial charge on any atom is -0.459 e. The Balaban J connectivity index is 1.36. The van der Waals surface area contributed by atoms with Crippen LogP contribution in [0.25, 0.3) is 17.0 Å². The molecule has 0 aliphatic rings. The molecule has 0 radical (unpaired) electrons. The molecule has 0 unspecified atom stereocenters. The van der Waals surface area contributed by atoms with E-state index in [-0.39, 0.29) is 12.3 Å². The van der Waals surface area contributed by atoms with Gasteiger partial charge in [-0.2, -0.15) is 0 Å². The number of carbonyl (C=O) groups is 1. The number of amides is 1. The van der Waals surface area contributed by atoms with E-state index in [4.69, 9.17) is 4.42 Å². The van der Waals surface area contributed by atoms with E-state index in [1.807, 2.05) is 71.4 Å². The van der Waals surface area contributed by atoms with Crippen molar-refractivity contribution in [1.82, 2.24) is 14.7 Å². The highest BCUT2D eigenvalue weighted by Crippen LogP contribution is 2.23. The second-order valence-electron chi connectivity index (χ2n) is 5.92. The number of pyridine rings is 1. The third-order valence-electron chi connectivity index (χ3n) is 4.01. The van der Waals surface area contributed by atoms with Crippen LogP contribution in [0.5, 0.6) is 0 Å². The Kier molecular flexibility index (Phi) is 4.58. The maximum Gasteiger partial charge on any atom is 0.226 e. The minimum absolute atomic E-state index is 0.0880. The summed E-state index contributed by atoms with van der Waals surface area (Å²) in [7, 11) is 0. The highest BCUT2D eigenvalue weighted by Gasteiger charge is 2.09. The summed E-state index contributed by atoms with van der Waals surface area (Å²) in [6.07, 6.45) is 4.02. The summed E-state index contributed by atoms with van der Waals surface area (Å²) in [6.45, 7) is 0.350. The predicted molar refractivity (Wildman–Crippen MR) is 103 cm³/mol. The third-order valence-corrected chi connectivity index (χ3v) is 4.53. The summed E-state index contributed by atoms with van der Waals surface area (Å²) in [5.74, 6) is 1.41. The third kappa shape index (κ3) is 3.70. The van der Waals surface area contributed by atoms with Gasteiger partial charge in [-0.05, 0) is 36.4 Å². The normalized spacial score (nSPS) is 11.0. The van der Waals surface area contributed by atoms with Crippen LogP contribution in [-0.2, 0) is 17.8 Å². The molecule has 0 aliphatic heterocycles. The Bertz CT molecular complexity index is 1020. The van der Waals surface area contributed by atoms with E-state index in [1.165, 1.54) is 0 Å². The van der Waals surface area contributed by atoms with Gasteiger partial charge in [0.2, 0.25) is 5.91 Å². The Morgan fingerprint density at radius 3 is 2.77 bits per heavy atom. The molecule has 1 aromatic carbocycles. The van der Waals surface area contributed by atoms with E-state index in [2.05, 4.69) is 26.2 Å². The maximum absolute atomic E-state index is 12.2. The summed E-state index contributed by atoms with van der Waals surface area (Å²) in [4.78, 5) is 16.6. The molecular weight excluding hydrogens is 394 g/mol. The number of hydrogen-bond acceptors (Lipinski definition) is 3. The monoisotopic (exact) mass is 409 g/mol. The molecule has 0 saturated heterocycles. The van der Waals surface area contributed by atoms with E-state index in [1.54, 1.807) is 0 Å². The largest absolute Gasteiger partial charge is 0.459 e. The van der Waals surface area contributed by atoms with Crippen LogP contribution < -0.4 is 5.32 Å². The lowest BCUT2D eigenvalue weighted by Crippen LogP contribution is -2.24. The molecule has 4 rings (SSSR count). The molecule has 3 aromatic heterocycles. The second-order valence-corrected chi connectivity index (χ2v) is 6.84. The lowest BCUT2D eigenvalue weighted by Gasteiger charge is -2.02. The van der Waals surface area contributed by atoms with Gasteiger partial charge in [0.15, 0.2) is 0 Å². The first kappa shape index (κ1) is 16.6. The summed E-state index contributed by atoms with van der Waals surface area (Å²) in [6, 6.07) is 17.4. The highest BCUT2D eigenvalue weighted by atomic mass is 79.9. The van der Waals surface area contributed by atoms with Gasteiger partial charge < -0.3 is 14.1 Å². The molecule has 1 amide bonds. The molecule has 130 valence electrons. The van der Waals surface area contributed by atoms with Gasteiger partial charge in [0.1, 0.15) is 17.2 Å². The molecule has 26 heavy (non-hydrogen) atoms. The molecule has 0 fully saturated rings. The fraction of sp³-hybridized carbons (Fsp3) is 0.100. The van der Waals surface area contributed by atoms with Gasteiger partial charge in [0.25, 0.3) is 0 Å². The van der Waals surface area contributed by atoms with Crippen molar-refractivity contribution in [2.24, 2.45) is 0 Å². The first-order chi connectivity index (χ1) is 12.7. The van der Waals surface area contributed by atoms with Crippen molar-refractivity contribution in [1.29, 1.82) is 0 Å². The first-order valence-electron chi connectivity index (χ1n) is 8.21. The number of furan rings is 1. The predicted octanol–water partition coefficient (Wildman–Crippen LogP) is 4.22. The van der Waals surface area contributed by atoms with Crippen molar-refractivity contribution in [2.75, 3.05) is 0 Å². The standard InChI is InChI=1S/C20H16BrN3O2/c21-15-6-4-14(5-7-15)18-9-8-17(26-18)12-22-20(25)11-16-13-24-10-2-1-3-19(24)23-16/h1-10,13H,11-12H2,(H,22,25). The van der Waals surface area contributed by atoms with Crippen molar-refractivity contribution in [3.05, 3.63) is 82.9 Å². The molecule has 0 spiro atoms. The number of carbonyl (C=O) groups excluding carboxylic acids is 1. The zero-order chi connectivity index (χ0) is 17.9. The van der Waals surface area contributed by atoms with E-state index in [9.17, 15) is 4.79 Å². The molecule has 0 saturated carbocycles. The lowest BCUT2D eigenvalue weighted by molar-refractivity contribution is -0.120. The van der Waals surface area contributed by atoms with Gasteiger partial charge in [0.05, 0.1) is 18.7 Å². The number of nitrogens with one attached hydrogen (secondary N) is 1. The molecule has 0 aliphatic carbocycles. The van der Waals surface area contributed by atoms with E-state index < -0.39 is 0 Å². The van der Waals surface area contributed by atoms with Crippen LogP contribution in [0.4, 0.5) is 0 Å². The lowest BCUT2D eigenvalue weighted by atomic mass is 10.2. The highest BCUT2D eigenvalue weighted by molar-refractivity contribution is 9.10. The van der Waals surface area contributed by atoms with E-state index in [0.29, 0.717) is 12.3 Å². The molecular formula is C20H16BrN3O2. The van der Waals surface area contributed by atoms with Crippen LogP contribution in [0.15, 0.2) is 75.9 Å². The summed E-state index contributed by atoms with van der Waals surface area (Å²) >= 11 is 3.42. The SMILES string of the molecule is O=C(Cc1cn2ccccc2n1)NCc1ccc(-c2ccc(Br)cc2)o1. The van der Waals surface area contributed by atoms with Crippen LogP contribution >= 0.6 is 15.9 Å². The van der Waals surface area contributed by atoms with Crippen LogP contribution in [-0.4, -0.2) is 15.3 Å². The molecule has 4 aromatic rings. The topological polar surface area (TPSA) is 59.5 Å². The molecule has 0 atom stereocenters. The average Bonchev–Trinajstić information content (AvgIpc) is 3.27. The zero-order valence-electron chi connectivity index (χ0n) is 13.9. The Hall–Kier alpha value is -2.86. The number of aromatic nitrogens is 2. The van der Waals surface area contributed by atoms with Crippen molar-refractivity contribution in [2.45, 2.75) is 13.0 Å². The summed E-state index contributed by atoms with van der Waals surface area (Å²) in [5, 5.41) is 2.88. The van der Waals surface area contributed by atoms with Gasteiger partial charge in [0, 0.05) is 22.4 Å². The minimum atomic E-state index is -0.0880. The number of fused-ring (bicyclic) bond motifs is 1. The van der Waals surface area contributed by atoms with E-state index in [0.717, 1.165) is 27.1 Å². The molecule has 6 heteroatoms. The average molecular weight is 410 g/mol. The van der Waals surface area contributed by atoms with Gasteiger partial charge in [-0.15, -0.1) is 0 Å². The Labute approximate surface area is 158 Å². The van der Waals surface area contributed by atoms with Crippen LogP contribution in [0.1, 0.15) is 11.5 Å². The van der Waals surface area contributed by atoms with E-state index >= 15 is 0 Å². The van der Waals surface area contributed by atoms with Crippen LogP contribution in [0, 0.1) is 0 Å². The van der Waals surface area contributed by atoms with Crippen molar-refractivity contribution >= 4 is 27.5 Å². The quantitative estimate of drug-likeness (QED) is 0.536. The van der Waals surface area contributed by atoms with Gasteiger partial charge >= 0.3 is 0 Å². The van der Waals surface area contributed by atoms with Gasteiger partial charge in [-0.1, -0.05) is 34.1 Å². The summed E-state index contributed by atoms with van der Waals surface area (Å²) in [5.41, 5.74) is 2.57. The fourth-order valence-electron chi connectivity index (χ4n) is 2.73. The van der Waals surface area contributed by atoms with Crippen molar-refractivity contribution < 1.29 is 9.21 Å². The number of rotatable bonds is 5. The zero-order valence-corrected chi connectivity index (χ0v) is 15.4. The first-order valence-corrected chi connectivity index (χ1v) is 9.01. The molecule has 1 N–H and O–H groups in total. The fourth-order valence-corrected chi connectivity index (χ4v) is 2.99. The van der Waals surface area contributed by atoms with Gasteiger partial charge in [-0.25, -0.2) is 4.98 Å². The molecule has 5 nitrogen and oxygen atoms in total. The number of imidazole rings is 1. The Morgan fingerprint density at radius 2 is 1.96 bits per heavy atom. The molecule has 3 heterocycles. The number of benzene rings is 1. The second kappa shape index (κ2) is 7.17. The van der Waals surface area contributed by atoms with Crippen LogP contribution in [0.3, 0.4) is 0 Å². The Morgan fingerprint density at radius 1 is 1.12 bits per heavy atom. The number of halogens is 1.